The van der Waals surface area contributed by atoms with Gasteiger partial charge in [0.15, 0.2) is 0 Å². The lowest BCUT2D eigenvalue weighted by Gasteiger charge is -2.08. The van der Waals surface area contributed by atoms with Crippen LogP contribution in [0, 0.1) is 0 Å². The van der Waals surface area contributed by atoms with E-state index in [-0.39, 0.29) is 4.68 Å². The molecule has 1 aromatic heterocycles. The fourth-order valence-electron chi connectivity index (χ4n) is 0.694. The second-order valence-electron chi connectivity index (χ2n) is 1.94. The van der Waals surface area contributed by atoms with Crippen LogP contribution < -0.4 is 0 Å². The highest BCUT2D eigenvalue weighted by molar-refractivity contribution is 5.04. The fourth-order valence-corrected chi connectivity index (χ4v) is 0.694. The van der Waals surface area contributed by atoms with E-state index in [0.29, 0.717) is 12.3 Å². The van der Waals surface area contributed by atoms with Gasteiger partial charge in [0, 0.05) is 6.20 Å². The van der Waals surface area contributed by atoms with Gasteiger partial charge >= 0.3 is 12.7 Å². The number of alkyl halides is 5. The molecule has 1 rings (SSSR count). The monoisotopic (exact) mass is 186 g/mol. The summed E-state index contributed by atoms with van der Waals surface area (Å²) in [5.74, 6) is 0. The summed E-state index contributed by atoms with van der Waals surface area (Å²) in [6.07, 6.45) is -4.11. The first kappa shape index (κ1) is 8.95. The standard InChI is InChI=1S/C5H3F5N2/c6-4(7)12-3(1-2-11-12)5(8,9)10/h1-2,4H. The summed E-state index contributed by atoms with van der Waals surface area (Å²) in [5.41, 5.74) is -1.45. The molecule has 1 heterocycles. The molecule has 0 unspecified atom stereocenters. The maximum atomic E-state index is 11.8. The molecule has 7 heteroatoms. The van der Waals surface area contributed by atoms with Crippen LogP contribution in [0.3, 0.4) is 0 Å². The van der Waals surface area contributed by atoms with Crippen LogP contribution in [0.15, 0.2) is 12.3 Å². The maximum Gasteiger partial charge on any atom is 0.433 e. The van der Waals surface area contributed by atoms with Crippen molar-refractivity contribution in [3.05, 3.63) is 18.0 Å². The lowest BCUT2D eigenvalue weighted by atomic mass is 10.4. The Morgan fingerprint density at radius 1 is 1.33 bits per heavy atom. The molecule has 0 radical (unpaired) electrons. The first-order valence-electron chi connectivity index (χ1n) is 2.82. The van der Waals surface area contributed by atoms with Crippen LogP contribution in [0.4, 0.5) is 22.0 Å². The zero-order chi connectivity index (χ0) is 9.35. The van der Waals surface area contributed by atoms with Crippen LogP contribution in [-0.4, -0.2) is 9.78 Å². The second kappa shape index (κ2) is 2.72. The third kappa shape index (κ3) is 1.54. The van der Waals surface area contributed by atoms with E-state index >= 15 is 0 Å². The van der Waals surface area contributed by atoms with Gasteiger partial charge < -0.3 is 0 Å². The van der Waals surface area contributed by atoms with Gasteiger partial charge in [-0.25, -0.2) is 0 Å². The molecular formula is C5H3F5N2. The van der Waals surface area contributed by atoms with E-state index in [0.717, 1.165) is 0 Å². The van der Waals surface area contributed by atoms with Crippen molar-refractivity contribution < 1.29 is 22.0 Å². The van der Waals surface area contributed by atoms with E-state index in [4.69, 9.17) is 0 Å². The Balaban J connectivity index is 3.08. The quantitative estimate of drug-likeness (QED) is 0.615. The summed E-state index contributed by atoms with van der Waals surface area (Å²) in [6.45, 7) is -3.27. The number of halogens is 5. The van der Waals surface area contributed by atoms with E-state index in [1.807, 2.05) is 0 Å². The van der Waals surface area contributed by atoms with Crippen LogP contribution in [0.2, 0.25) is 0 Å². The van der Waals surface area contributed by atoms with Gasteiger partial charge in [0.1, 0.15) is 5.69 Å². The average molecular weight is 186 g/mol. The highest BCUT2D eigenvalue weighted by Gasteiger charge is 2.36. The number of nitrogens with zero attached hydrogens (tertiary/aromatic N) is 2. The SMILES string of the molecule is FC(F)n1nccc1C(F)(F)F. The molecule has 0 N–H and O–H groups in total. The molecule has 0 amide bonds. The Morgan fingerprint density at radius 3 is 2.25 bits per heavy atom. The van der Waals surface area contributed by atoms with Crippen molar-refractivity contribution in [3.63, 3.8) is 0 Å². The topological polar surface area (TPSA) is 17.8 Å². The molecule has 0 saturated carbocycles. The van der Waals surface area contributed by atoms with E-state index in [1.165, 1.54) is 0 Å². The number of hydrogen-bond donors (Lipinski definition) is 0. The van der Waals surface area contributed by atoms with Gasteiger partial charge in [-0.1, -0.05) is 0 Å². The van der Waals surface area contributed by atoms with Crippen molar-refractivity contribution >= 4 is 0 Å². The van der Waals surface area contributed by atoms with E-state index in [1.54, 1.807) is 0 Å². The minimum atomic E-state index is -4.78. The van der Waals surface area contributed by atoms with Gasteiger partial charge in [0.25, 0.3) is 0 Å². The fraction of sp³-hybridized carbons (Fsp3) is 0.400. The summed E-state index contributed by atoms with van der Waals surface area (Å²) in [7, 11) is 0. The Hall–Kier alpha value is -1.14. The first-order valence-corrected chi connectivity index (χ1v) is 2.82. The van der Waals surface area contributed by atoms with Crippen LogP contribution >= 0.6 is 0 Å². The van der Waals surface area contributed by atoms with Crippen molar-refractivity contribution in [2.75, 3.05) is 0 Å². The molecule has 12 heavy (non-hydrogen) atoms. The number of hydrogen-bond acceptors (Lipinski definition) is 1. The van der Waals surface area contributed by atoms with Crippen LogP contribution in [0.5, 0.6) is 0 Å². The number of aromatic nitrogens is 2. The third-order valence-corrected chi connectivity index (χ3v) is 1.15. The van der Waals surface area contributed by atoms with E-state index in [2.05, 4.69) is 5.10 Å². The van der Waals surface area contributed by atoms with E-state index < -0.39 is 18.4 Å². The summed E-state index contributed by atoms with van der Waals surface area (Å²) in [4.78, 5) is 0. The van der Waals surface area contributed by atoms with Crippen molar-refractivity contribution in [1.29, 1.82) is 0 Å². The third-order valence-electron chi connectivity index (χ3n) is 1.15. The van der Waals surface area contributed by atoms with E-state index in [9.17, 15) is 22.0 Å². The minimum Gasteiger partial charge on any atom is -0.199 e. The molecule has 0 aromatic carbocycles. The van der Waals surface area contributed by atoms with Crippen LogP contribution in [0.25, 0.3) is 0 Å². The largest absolute Gasteiger partial charge is 0.433 e. The second-order valence-corrected chi connectivity index (χ2v) is 1.94. The Morgan fingerprint density at radius 2 is 1.92 bits per heavy atom. The maximum absolute atomic E-state index is 11.8. The zero-order valence-electron chi connectivity index (χ0n) is 5.52. The molecule has 1 aromatic rings. The molecule has 68 valence electrons. The Labute approximate surface area is 63.6 Å². The molecule has 0 saturated heterocycles. The molecule has 0 spiro atoms. The first-order chi connectivity index (χ1) is 5.43. The minimum absolute atomic E-state index is 0.375. The zero-order valence-corrected chi connectivity index (χ0v) is 5.52. The molecular weight excluding hydrogens is 183 g/mol. The van der Waals surface area contributed by atoms with Crippen LogP contribution in [0.1, 0.15) is 12.2 Å². The lowest BCUT2D eigenvalue weighted by Crippen LogP contribution is -2.14. The van der Waals surface area contributed by atoms with Crippen molar-refractivity contribution in [1.82, 2.24) is 9.78 Å². The normalized spacial score (nSPS) is 12.5. The Kier molecular flexibility index (Phi) is 2.03. The van der Waals surface area contributed by atoms with Gasteiger partial charge in [-0.05, 0) is 6.07 Å². The van der Waals surface area contributed by atoms with Gasteiger partial charge in [0.2, 0.25) is 0 Å². The molecule has 0 fully saturated rings. The molecule has 0 bridgehead atoms. The highest BCUT2D eigenvalue weighted by atomic mass is 19.4. The van der Waals surface area contributed by atoms with Gasteiger partial charge in [-0.2, -0.15) is 31.7 Å². The van der Waals surface area contributed by atoms with Gasteiger partial charge in [-0.3, -0.25) is 0 Å². The van der Waals surface area contributed by atoms with Crippen molar-refractivity contribution in [3.8, 4) is 0 Å². The van der Waals surface area contributed by atoms with Gasteiger partial charge in [0.05, 0.1) is 0 Å². The predicted octanol–water partition coefficient (Wildman–Crippen LogP) is 2.30. The predicted molar refractivity (Wildman–Crippen MR) is 28.5 cm³/mol. The Bertz CT molecular complexity index is 263. The lowest BCUT2D eigenvalue weighted by molar-refractivity contribution is -0.149. The van der Waals surface area contributed by atoms with Gasteiger partial charge in [-0.15, -0.1) is 0 Å². The summed E-state index contributed by atoms with van der Waals surface area (Å²) >= 11 is 0. The summed E-state index contributed by atoms with van der Waals surface area (Å²) in [5, 5.41) is 2.83. The summed E-state index contributed by atoms with van der Waals surface area (Å²) in [6, 6.07) is 0.492. The number of rotatable bonds is 1. The highest BCUT2D eigenvalue weighted by Crippen LogP contribution is 2.30. The molecule has 2 nitrogen and oxygen atoms in total. The molecule has 0 atom stereocenters. The van der Waals surface area contributed by atoms with Crippen LogP contribution in [-0.2, 0) is 6.18 Å². The van der Waals surface area contributed by atoms with Crippen molar-refractivity contribution in [2.45, 2.75) is 12.7 Å². The smallest absolute Gasteiger partial charge is 0.199 e. The molecule has 0 aliphatic heterocycles. The molecule has 0 aliphatic carbocycles. The molecule has 0 aliphatic rings. The van der Waals surface area contributed by atoms with Crippen molar-refractivity contribution in [2.24, 2.45) is 0 Å². The average Bonchev–Trinajstić information content (AvgIpc) is 2.30. The summed E-state index contributed by atoms with van der Waals surface area (Å²) < 4.78 is 58.8.